The number of rotatable bonds is 1. The quantitative estimate of drug-likeness (QED) is 0.585. The number of benzene rings is 2. The Morgan fingerprint density at radius 1 is 0.429 bits per heavy atom. The molecule has 0 aliphatic rings. The Morgan fingerprint density at radius 3 is 1.00 bits per heavy atom. The molecule has 0 fully saturated rings. The Morgan fingerprint density at radius 2 is 0.714 bits per heavy atom. The molecular weight excluding hydrogens is 166 g/mol. The summed E-state index contributed by atoms with van der Waals surface area (Å²) in [4.78, 5) is 0. The molecule has 2 aromatic rings. The maximum Gasteiger partial charge on any atom is 0 e. The van der Waals surface area contributed by atoms with Gasteiger partial charge < -0.3 is 0 Å². The second kappa shape index (κ2) is 6.09. The summed E-state index contributed by atoms with van der Waals surface area (Å²) >= 11 is 0. The molecule has 0 aromatic heterocycles. The van der Waals surface area contributed by atoms with Gasteiger partial charge in [-0.1, -0.05) is 60.7 Å². The Bertz CT molecular complexity index is 306. The van der Waals surface area contributed by atoms with Crippen LogP contribution in [0.4, 0.5) is 0 Å². The zero-order chi connectivity index (χ0) is 8.23. The third kappa shape index (κ3) is 2.81. The molecule has 0 unspecified atom stereocenters. The highest BCUT2D eigenvalue weighted by Gasteiger charge is 1.91. The van der Waals surface area contributed by atoms with E-state index in [2.05, 4.69) is 48.5 Å². The van der Waals surface area contributed by atoms with Gasteiger partial charge in [-0.3, -0.25) is 0 Å². The predicted molar refractivity (Wildman–Crippen MR) is 63.4 cm³/mol. The van der Waals surface area contributed by atoms with Crippen molar-refractivity contribution in [1.29, 1.82) is 0 Å². The zero-order valence-electron chi connectivity index (χ0n) is 7.93. The molecule has 0 atom stereocenters. The number of hydrogen-bond acceptors (Lipinski definition) is 0. The van der Waals surface area contributed by atoms with E-state index in [1.807, 2.05) is 12.1 Å². The van der Waals surface area contributed by atoms with Gasteiger partial charge in [-0.2, -0.15) is 0 Å². The Kier molecular flexibility index (Phi) is 5.47. The third-order valence-electron chi connectivity index (χ3n) is 1.88. The SMILES string of the molecule is [B].[B].c1ccc(-c2ccccc2)cc1. The van der Waals surface area contributed by atoms with E-state index in [9.17, 15) is 0 Å². The van der Waals surface area contributed by atoms with Crippen molar-refractivity contribution in [1.82, 2.24) is 0 Å². The van der Waals surface area contributed by atoms with Crippen molar-refractivity contribution in [3.63, 3.8) is 0 Å². The average molecular weight is 176 g/mol. The molecule has 0 spiro atoms. The van der Waals surface area contributed by atoms with E-state index in [-0.39, 0.29) is 16.8 Å². The summed E-state index contributed by atoms with van der Waals surface area (Å²) < 4.78 is 0. The van der Waals surface area contributed by atoms with Crippen LogP contribution in [0.5, 0.6) is 0 Å². The minimum atomic E-state index is 0. The highest BCUT2D eigenvalue weighted by molar-refractivity contribution is 5.76. The van der Waals surface area contributed by atoms with Gasteiger partial charge in [-0.05, 0) is 11.1 Å². The summed E-state index contributed by atoms with van der Waals surface area (Å²) in [5.41, 5.74) is 2.55. The van der Waals surface area contributed by atoms with Crippen LogP contribution in [-0.2, 0) is 0 Å². The van der Waals surface area contributed by atoms with Crippen LogP contribution in [0, 0.1) is 0 Å². The van der Waals surface area contributed by atoms with E-state index in [0.29, 0.717) is 0 Å². The standard InChI is InChI=1S/C12H10.2B/c1-3-7-11(8-4-1)12-9-5-2-6-10-12;;/h1-10H;;. The summed E-state index contributed by atoms with van der Waals surface area (Å²) in [7, 11) is 0. The van der Waals surface area contributed by atoms with E-state index in [1.165, 1.54) is 11.1 Å². The fraction of sp³-hybridized carbons (Fsp3) is 0. The van der Waals surface area contributed by atoms with Gasteiger partial charge in [0.05, 0.1) is 0 Å². The summed E-state index contributed by atoms with van der Waals surface area (Å²) in [6.07, 6.45) is 0. The van der Waals surface area contributed by atoms with Gasteiger partial charge in [0, 0.05) is 16.8 Å². The van der Waals surface area contributed by atoms with Crippen molar-refractivity contribution in [2.45, 2.75) is 0 Å². The fourth-order valence-corrected chi connectivity index (χ4v) is 1.26. The second-order valence-electron chi connectivity index (χ2n) is 2.73. The van der Waals surface area contributed by atoms with E-state index in [0.717, 1.165) is 0 Å². The lowest BCUT2D eigenvalue weighted by Gasteiger charge is -1.98. The monoisotopic (exact) mass is 176 g/mol. The van der Waals surface area contributed by atoms with Gasteiger partial charge in [-0.15, -0.1) is 0 Å². The fourth-order valence-electron chi connectivity index (χ4n) is 1.26. The van der Waals surface area contributed by atoms with Crippen LogP contribution in [0.15, 0.2) is 60.7 Å². The molecule has 2 heteroatoms. The highest BCUT2D eigenvalue weighted by atomic mass is 14.0. The molecular formula is C12H10B2. The Balaban J connectivity index is 0.000000845. The third-order valence-corrected chi connectivity index (χ3v) is 1.88. The van der Waals surface area contributed by atoms with E-state index in [4.69, 9.17) is 0 Å². The van der Waals surface area contributed by atoms with Crippen molar-refractivity contribution in [3.05, 3.63) is 60.7 Å². The van der Waals surface area contributed by atoms with Gasteiger partial charge >= 0.3 is 0 Å². The molecule has 0 saturated carbocycles. The normalized spacial score (nSPS) is 8.29. The average Bonchev–Trinajstić information content (AvgIpc) is 2.21. The molecule has 0 bridgehead atoms. The lowest BCUT2D eigenvalue weighted by Crippen LogP contribution is -1.73. The van der Waals surface area contributed by atoms with Crippen LogP contribution >= 0.6 is 0 Å². The summed E-state index contributed by atoms with van der Waals surface area (Å²) in [5.74, 6) is 0. The molecule has 0 aliphatic carbocycles. The van der Waals surface area contributed by atoms with Gasteiger partial charge in [0.1, 0.15) is 0 Å². The summed E-state index contributed by atoms with van der Waals surface area (Å²) in [6, 6.07) is 20.8. The van der Waals surface area contributed by atoms with Gasteiger partial charge in [-0.25, -0.2) is 0 Å². The van der Waals surface area contributed by atoms with Crippen molar-refractivity contribution in [3.8, 4) is 11.1 Å². The van der Waals surface area contributed by atoms with Crippen LogP contribution in [0.25, 0.3) is 11.1 Å². The maximum absolute atomic E-state index is 2.12. The van der Waals surface area contributed by atoms with Gasteiger partial charge in [0.25, 0.3) is 0 Å². The molecule has 6 radical (unpaired) electrons. The predicted octanol–water partition coefficient (Wildman–Crippen LogP) is 2.59. The lowest BCUT2D eigenvalue weighted by molar-refractivity contribution is 1.62. The number of hydrogen-bond donors (Lipinski definition) is 0. The van der Waals surface area contributed by atoms with Crippen LogP contribution < -0.4 is 0 Å². The molecule has 0 aliphatic heterocycles. The molecule has 2 aromatic carbocycles. The van der Waals surface area contributed by atoms with E-state index < -0.39 is 0 Å². The topological polar surface area (TPSA) is 0 Å². The van der Waals surface area contributed by atoms with Crippen LogP contribution in [0.3, 0.4) is 0 Å². The van der Waals surface area contributed by atoms with Crippen molar-refractivity contribution < 1.29 is 0 Å². The minimum absolute atomic E-state index is 0. The first-order valence-electron chi connectivity index (χ1n) is 4.07. The molecule has 0 heterocycles. The lowest BCUT2D eigenvalue weighted by atomic mass is 10.1. The summed E-state index contributed by atoms with van der Waals surface area (Å²) in [5, 5.41) is 0. The molecule has 0 N–H and O–H groups in total. The molecule has 0 nitrogen and oxygen atoms in total. The minimum Gasteiger partial charge on any atom is -0.0622 e. The first kappa shape index (κ1) is 12.6. The van der Waals surface area contributed by atoms with Crippen LogP contribution in [-0.4, -0.2) is 16.8 Å². The highest BCUT2D eigenvalue weighted by Crippen LogP contribution is 2.17. The summed E-state index contributed by atoms with van der Waals surface area (Å²) in [6.45, 7) is 0. The van der Waals surface area contributed by atoms with E-state index >= 15 is 0 Å². The first-order valence-corrected chi connectivity index (χ1v) is 4.07. The van der Waals surface area contributed by atoms with Gasteiger partial charge in [0.15, 0.2) is 0 Å². The Labute approximate surface area is 89.1 Å². The molecule has 64 valence electrons. The molecule has 2 rings (SSSR count). The van der Waals surface area contributed by atoms with Crippen LogP contribution in [0.2, 0.25) is 0 Å². The zero-order valence-corrected chi connectivity index (χ0v) is 7.93. The molecule has 14 heavy (non-hydrogen) atoms. The second-order valence-corrected chi connectivity index (χ2v) is 2.73. The first-order chi connectivity index (χ1) is 5.97. The van der Waals surface area contributed by atoms with E-state index in [1.54, 1.807) is 0 Å². The Hall–Kier alpha value is -1.43. The molecule has 0 saturated heterocycles. The van der Waals surface area contributed by atoms with Gasteiger partial charge in [0.2, 0.25) is 0 Å². The van der Waals surface area contributed by atoms with Crippen molar-refractivity contribution >= 4 is 16.8 Å². The van der Waals surface area contributed by atoms with Crippen LogP contribution in [0.1, 0.15) is 0 Å². The largest absolute Gasteiger partial charge is 0.0622 e. The van der Waals surface area contributed by atoms with Crippen molar-refractivity contribution in [2.24, 2.45) is 0 Å². The smallest absolute Gasteiger partial charge is 0 e. The van der Waals surface area contributed by atoms with Crippen molar-refractivity contribution in [2.75, 3.05) is 0 Å². The maximum atomic E-state index is 2.12. The molecule has 0 amide bonds.